The summed E-state index contributed by atoms with van der Waals surface area (Å²) in [5.41, 5.74) is 2.26. The lowest BCUT2D eigenvalue weighted by molar-refractivity contribution is 0.0948. The molecule has 3 heterocycles. The Labute approximate surface area is 149 Å². The van der Waals surface area contributed by atoms with Crippen LogP contribution >= 0.6 is 0 Å². The number of benzene rings is 1. The van der Waals surface area contributed by atoms with Gasteiger partial charge in [0.15, 0.2) is 5.65 Å². The molecular weight excluding hydrogens is 337 g/mol. The molecule has 4 rings (SSSR count). The first-order valence-electron chi connectivity index (χ1n) is 8.29. The molecule has 0 aliphatic carbocycles. The van der Waals surface area contributed by atoms with Crippen molar-refractivity contribution in [2.45, 2.75) is 13.5 Å². The molecule has 0 fully saturated rings. The van der Waals surface area contributed by atoms with Gasteiger partial charge in [-0.05, 0) is 31.2 Å². The molecule has 1 amide bonds. The number of ether oxygens (including phenoxy) is 1. The third-order valence-electron chi connectivity index (χ3n) is 4.34. The van der Waals surface area contributed by atoms with E-state index in [0.29, 0.717) is 47.1 Å². The number of hydrogen-bond acceptors (Lipinski definition) is 5. The monoisotopic (exact) mass is 355 g/mol. The molecule has 0 unspecified atom stereocenters. The Morgan fingerprint density at radius 1 is 1.31 bits per heavy atom. The average Bonchev–Trinajstić information content (AvgIpc) is 2.94. The molecule has 0 radical (unpaired) electrons. The molecular formula is C18H18FN5O2. The van der Waals surface area contributed by atoms with Crippen molar-refractivity contribution < 1.29 is 13.9 Å². The van der Waals surface area contributed by atoms with Crippen LogP contribution in [0, 0.1) is 12.7 Å². The van der Waals surface area contributed by atoms with Gasteiger partial charge in [0.25, 0.3) is 5.91 Å². The predicted octanol–water partition coefficient (Wildman–Crippen LogP) is 1.94. The van der Waals surface area contributed by atoms with Crippen LogP contribution in [0.4, 0.5) is 10.2 Å². The standard InChI is InChI=1S/C18H18FN5O2/c1-11-16-17-21-15(5-7-24(17)22-11)23(2)10-12-9-13(19)3-4-14(12)26-8-6-20-18(16)25/h3-5,7,9H,6,8,10H2,1-2H3,(H,20,25). The molecule has 134 valence electrons. The molecule has 3 aromatic rings. The summed E-state index contributed by atoms with van der Waals surface area (Å²) in [6, 6.07) is 6.23. The summed E-state index contributed by atoms with van der Waals surface area (Å²) in [4.78, 5) is 19.0. The number of aryl methyl sites for hydroxylation is 1. The highest BCUT2D eigenvalue weighted by atomic mass is 19.1. The van der Waals surface area contributed by atoms with E-state index in [1.54, 1.807) is 29.8 Å². The molecule has 0 atom stereocenters. The van der Waals surface area contributed by atoms with Crippen LogP contribution in [0.1, 0.15) is 21.6 Å². The molecule has 1 aliphatic rings. The van der Waals surface area contributed by atoms with E-state index in [0.717, 1.165) is 0 Å². The van der Waals surface area contributed by atoms with Gasteiger partial charge in [-0.25, -0.2) is 13.9 Å². The van der Waals surface area contributed by atoms with Gasteiger partial charge < -0.3 is 15.0 Å². The van der Waals surface area contributed by atoms with Gasteiger partial charge in [0.05, 0.1) is 12.2 Å². The number of carbonyl (C=O) groups excluding carboxylic acids is 1. The minimum absolute atomic E-state index is 0.244. The molecule has 2 bridgehead atoms. The first-order chi connectivity index (χ1) is 12.5. The van der Waals surface area contributed by atoms with Gasteiger partial charge >= 0.3 is 0 Å². The van der Waals surface area contributed by atoms with Gasteiger partial charge in [0.1, 0.15) is 29.6 Å². The molecule has 0 spiro atoms. The Morgan fingerprint density at radius 3 is 3.00 bits per heavy atom. The second-order valence-corrected chi connectivity index (χ2v) is 6.23. The zero-order valence-electron chi connectivity index (χ0n) is 14.5. The highest BCUT2D eigenvalue weighted by molar-refractivity contribution is 6.01. The van der Waals surface area contributed by atoms with Crippen LogP contribution < -0.4 is 15.0 Å². The van der Waals surface area contributed by atoms with E-state index in [1.807, 2.05) is 11.9 Å². The smallest absolute Gasteiger partial charge is 0.257 e. The zero-order valence-corrected chi connectivity index (χ0v) is 14.5. The summed E-state index contributed by atoms with van der Waals surface area (Å²) >= 11 is 0. The Kier molecular flexibility index (Phi) is 3.95. The van der Waals surface area contributed by atoms with Crippen molar-refractivity contribution in [3.05, 3.63) is 53.1 Å². The Balaban J connectivity index is 1.83. The van der Waals surface area contributed by atoms with Crippen molar-refractivity contribution in [2.75, 3.05) is 25.1 Å². The molecule has 1 aliphatic heterocycles. The van der Waals surface area contributed by atoms with Crippen molar-refractivity contribution in [1.82, 2.24) is 19.9 Å². The number of nitrogens with zero attached hydrogens (tertiary/aromatic N) is 4. The summed E-state index contributed by atoms with van der Waals surface area (Å²) in [6.45, 7) is 2.80. The molecule has 1 aromatic carbocycles. The van der Waals surface area contributed by atoms with E-state index in [-0.39, 0.29) is 18.3 Å². The predicted molar refractivity (Wildman–Crippen MR) is 94.1 cm³/mol. The van der Waals surface area contributed by atoms with E-state index in [1.165, 1.54) is 12.1 Å². The summed E-state index contributed by atoms with van der Waals surface area (Å²) in [6.07, 6.45) is 1.76. The number of fused-ring (bicyclic) bond motifs is 2. The number of rotatable bonds is 0. The highest BCUT2D eigenvalue weighted by Gasteiger charge is 2.20. The third kappa shape index (κ3) is 2.83. The number of carbonyl (C=O) groups is 1. The summed E-state index contributed by atoms with van der Waals surface area (Å²) in [5.74, 6) is 0.676. The quantitative estimate of drug-likeness (QED) is 0.667. The fraction of sp³-hybridized carbons (Fsp3) is 0.278. The molecule has 0 saturated carbocycles. The average molecular weight is 355 g/mol. The van der Waals surface area contributed by atoms with Crippen LogP contribution in [0.15, 0.2) is 30.5 Å². The van der Waals surface area contributed by atoms with Crippen LogP contribution in [-0.4, -0.2) is 40.7 Å². The molecule has 7 nitrogen and oxygen atoms in total. The van der Waals surface area contributed by atoms with Gasteiger partial charge in [0.2, 0.25) is 0 Å². The van der Waals surface area contributed by atoms with Gasteiger partial charge in [-0.2, -0.15) is 5.10 Å². The number of aromatic nitrogens is 3. The second-order valence-electron chi connectivity index (χ2n) is 6.23. The van der Waals surface area contributed by atoms with Gasteiger partial charge in [-0.3, -0.25) is 4.79 Å². The fourth-order valence-corrected chi connectivity index (χ4v) is 3.07. The van der Waals surface area contributed by atoms with Crippen LogP contribution in [0.3, 0.4) is 0 Å². The topological polar surface area (TPSA) is 71.8 Å². The fourth-order valence-electron chi connectivity index (χ4n) is 3.07. The lowest BCUT2D eigenvalue weighted by atomic mass is 10.2. The van der Waals surface area contributed by atoms with Crippen molar-refractivity contribution in [2.24, 2.45) is 0 Å². The second kappa shape index (κ2) is 6.29. The van der Waals surface area contributed by atoms with E-state index in [2.05, 4.69) is 15.4 Å². The first-order valence-corrected chi connectivity index (χ1v) is 8.29. The van der Waals surface area contributed by atoms with E-state index in [4.69, 9.17) is 4.74 Å². The largest absolute Gasteiger partial charge is 0.491 e. The molecule has 0 saturated heterocycles. The first kappa shape index (κ1) is 16.3. The lowest BCUT2D eigenvalue weighted by Crippen LogP contribution is -2.28. The van der Waals surface area contributed by atoms with Crippen molar-refractivity contribution in [3.8, 4) is 5.75 Å². The minimum Gasteiger partial charge on any atom is -0.491 e. The maximum absolute atomic E-state index is 13.7. The number of amides is 1. The van der Waals surface area contributed by atoms with E-state index >= 15 is 0 Å². The van der Waals surface area contributed by atoms with E-state index < -0.39 is 0 Å². The highest BCUT2D eigenvalue weighted by Crippen LogP contribution is 2.24. The minimum atomic E-state index is -0.324. The van der Waals surface area contributed by atoms with Crippen LogP contribution in [0.5, 0.6) is 5.75 Å². The Morgan fingerprint density at radius 2 is 2.15 bits per heavy atom. The lowest BCUT2D eigenvalue weighted by Gasteiger charge is -2.20. The van der Waals surface area contributed by atoms with Gasteiger partial charge in [-0.1, -0.05) is 0 Å². The van der Waals surface area contributed by atoms with Crippen molar-refractivity contribution in [1.29, 1.82) is 0 Å². The maximum Gasteiger partial charge on any atom is 0.257 e. The molecule has 26 heavy (non-hydrogen) atoms. The third-order valence-corrected chi connectivity index (χ3v) is 4.34. The van der Waals surface area contributed by atoms with Crippen LogP contribution in [0.2, 0.25) is 0 Å². The van der Waals surface area contributed by atoms with Gasteiger partial charge in [-0.15, -0.1) is 0 Å². The number of nitrogens with one attached hydrogen (secondary N) is 1. The van der Waals surface area contributed by atoms with Crippen molar-refractivity contribution in [3.63, 3.8) is 0 Å². The van der Waals surface area contributed by atoms with Crippen LogP contribution in [0.25, 0.3) is 5.65 Å². The summed E-state index contributed by atoms with van der Waals surface area (Å²) in [5, 5.41) is 7.17. The summed E-state index contributed by atoms with van der Waals surface area (Å²) < 4.78 is 21.0. The number of halogens is 1. The maximum atomic E-state index is 13.7. The van der Waals surface area contributed by atoms with E-state index in [9.17, 15) is 9.18 Å². The Bertz CT molecular complexity index is 1000. The van der Waals surface area contributed by atoms with Crippen molar-refractivity contribution >= 4 is 17.4 Å². The SMILES string of the molecule is Cc1nn2ccc3nc2c1C(=O)NCCOc1ccc(F)cc1CN3C. The Hall–Kier alpha value is -3.16. The molecule has 2 aromatic heterocycles. The molecule has 1 N–H and O–H groups in total. The normalized spacial score (nSPS) is 14.9. The number of anilines is 1. The molecule has 8 heteroatoms. The summed E-state index contributed by atoms with van der Waals surface area (Å²) in [7, 11) is 1.86. The zero-order chi connectivity index (χ0) is 18.3. The van der Waals surface area contributed by atoms with Gasteiger partial charge in [0, 0.05) is 25.4 Å². The number of hydrogen-bond donors (Lipinski definition) is 1. The van der Waals surface area contributed by atoms with Crippen LogP contribution in [-0.2, 0) is 6.54 Å².